The summed E-state index contributed by atoms with van der Waals surface area (Å²) in [6.07, 6.45) is 1.17. The van der Waals surface area contributed by atoms with Gasteiger partial charge in [0.05, 0.1) is 4.92 Å². The van der Waals surface area contributed by atoms with Gasteiger partial charge in [-0.2, -0.15) is 0 Å². The van der Waals surface area contributed by atoms with Crippen molar-refractivity contribution in [3.8, 4) is 0 Å². The monoisotopic (exact) mass is 292 g/mol. The highest BCUT2D eigenvalue weighted by atomic mass is 79.9. The van der Waals surface area contributed by atoms with E-state index in [9.17, 15) is 18.5 Å². The van der Waals surface area contributed by atoms with Crippen LogP contribution in [0.15, 0.2) is 33.7 Å². The highest BCUT2D eigenvalue weighted by Gasteiger charge is 2.25. The summed E-state index contributed by atoms with van der Waals surface area (Å²) in [6, 6.07) is 1.07. The first kappa shape index (κ1) is 11.8. The van der Waals surface area contributed by atoms with E-state index in [4.69, 9.17) is 0 Å². The van der Waals surface area contributed by atoms with E-state index in [-0.39, 0.29) is 0 Å². The van der Waals surface area contributed by atoms with Gasteiger partial charge in [0, 0.05) is 22.1 Å². The summed E-state index contributed by atoms with van der Waals surface area (Å²) in [7, 11) is -3.90. The highest BCUT2D eigenvalue weighted by molar-refractivity contribution is 9.10. The SMILES string of the molecule is C=CS(=O)(=O)c1ncc(Br)cc1[N+](=O)[O-]. The van der Waals surface area contributed by atoms with Crippen LogP contribution in [0.4, 0.5) is 5.69 Å². The molecule has 1 heterocycles. The van der Waals surface area contributed by atoms with Gasteiger partial charge in [0.25, 0.3) is 0 Å². The summed E-state index contributed by atoms with van der Waals surface area (Å²) in [4.78, 5) is 13.3. The number of rotatable bonds is 3. The standard InChI is InChI=1S/C7H5BrN2O4S/c1-2-15(13,14)7-6(10(11)12)3-5(8)4-9-7/h2-4H,1H2. The second-order valence-electron chi connectivity index (χ2n) is 2.45. The van der Waals surface area contributed by atoms with Crippen LogP contribution in [0.5, 0.6) is 0 Å². The Labute approximate surface area is 93.8 Å². The van der Waals surface area contributed by atoms with E-state index in [1.807, 2.05) is 0 Å². The molecule has 0 unspecified atom stereocenters. The third kappa shape index (κ3) is 2.39. The van der Waals surface area contributed by atoms with Gasteiger partial charge in [-0.3, -0.25) is 10.1 Å². The largest absolute Gasteiger partial charge is 0.308 e. The zero-order valence-electron chi connectivity index (χ0n) is 7.25. The zero-order chi connectivity index (χ0) is 11.6. The molecule has 0 amide bonds. The number of hydrogen-bond acceptors (Lipinski definition) is 5. The molecular formula is C7H5BrN2O4S. The number of nitro groups is 1. The van der Waals surface area contributed by atoms with Crippen LogP contribution in [0.25, 0.3) is 0 Å². The van der Waals surface area contributed by atoms with Crippen LogP contribution in [0, 0.1) is 10.1 Å². The molecule has 0 aliphatic rings. The molecule has 0 spiro atoms. The number of nitrogens with zero attached hydrogens (tertiary/aromatic N) is 2. The fraction of sp³-hybridized carbons (Fsp3) is 0. The summed E-state index contributed by atoms with van der Waals surface area (Å²) in [5, 5.41) is 10.6. The first-order valence-corrected chi connectivity index (χ1v) is 5.90. The molecule has 0 saturated carbocycles. The molecule has 0 radical (unpaired) electrons. The van der Waals surface area contributed by atoms with Gasteiger partial charge >= 0.3 is 5.69 Å². The predicted molar refractivity (Wildman–Crippen MR) is 56.0 cm³/mol. The lowest BCUT2D eigenvalue weighted by Crippen LogP contribution is -2.04. The van der Waals surface area contributed by atoms with Crippen LogP contribution in [-0.2, 0) is 9.84 Å². The number of hydrogen-bond donors (Lipinski definition) is 0. The molecule has 0 bridgehead atoms. The Morgan fingerprint density at radius 2 is 2.20 bits per heavy atom. The minimum absolute atomic E-state index is 0.331. The molecule has 8 heteroatoms. The van der Waals surface area contributed by atoms with Gasteiger partial charge in [-0.05, 0) is 15.9 Å². The molecule has 0 atom stereocenters. The topological polar surface area (TPSA) is 90.2 Å². The Balaban J connectivity index is 3.56. The summed E-state index contributed by atoms with van der Waals surface area (Å²) in [6.45, 7) is 3.07. The molecule has 6 nitrogen and oxygen atoms in total. The average Bonchev–Trinajstić information content (AvgIpc) is 2.17. The smallest absolute Gasteiger partial charge is 0.258 e. The third-order valence-electron chi connectivity index (χ3n) is 1.48. The van der Waals surface area contributed by atoms with E-state index in [1.165, 1.54) is 6.20 Å². The molecule has 1 aromatic rings. The molecule has 80 valence electrons. The van der Waals surface area contributed by atoms with Crippen LogP contribution >= 0.6 is 15.9 Å². The van der Waals surface area contributed by atoms with Gasteiger partial charge in [0.1, 0.15) is 0 Å². The Kier molecular flexibility index (Phi) is 3.20. The van der Waals surface area contributed by atoms with Crippen LogP contribution in [0.1, 0.15) is 0 Å². The van der Waals surface area contributed by atoms with Crippen molar-refractivity contribution < 1.29 is 13.3 Å². The third-order valence-corrected chi connectivity index (χ3v) is 3.21. The molecule has 0 fully saturated rings. The summed E-state index contributed by atoms with van der Waals surface area (Å²) in [5.74, 6) is 0. The minimum Gasteiger partial charge on any atom is -0.258 e. The van der Waals surface area contributed by atoms with Crippen molar-refractivity contribution in [3.05, 3.63) is 38.8 Å². The Morgan fingerprint density at radius 3 is 2.67 bits per heavy atom. The van der Waals surface area contributed by atoms with Crippen molar-refractivity contribution in [1.82, 2.24) is 4.98 Å². The number of halogens is 1. The Morgan fingerprint density at radius 1 is 1.60 bits per heavy atom. The normalized spacial score (nSPS) is 11.0. The average molecular weight is 293 g/mol. The number of aromatic nitrogens is 1. The van der Waals surface area contributed by atoms with Crippen LogP contribution in [0.3, 0.4) is 0 Å². The Hall–Kier alpha value is -1.28. The van der Waals surface area contributed by atoms with Crippen molar-refractivity contribution in [2.75, 3.05) is 0 Å². The van der Waals surface area contributed by atoms with Gasteiger partial charge < -0.3 is 0 Å². The van der Waals surface area contributed by atoms with Gasteiger partial charge in [-0.1, -0.05) is 6.58 Å². The predicted octanol–water partition coefficient (Wildman–Crippen LogP) is 1.67. The van der Waals surface area contributed by atoms with Crippen molar-refractivity contribution in [2.24, 2.45) is 0 Å². The Bertz CT molecular complexity index is 526. The quantitative estimate of drug-likeness (QED) is 0.624. The fourth-order valence-electron chi connectivity index (χ4n) is 0.845. The fourth-order valence-corrected chi connectivity index (χ4v) is 1.95. The highest BCUT2D eigenvalue weighted by Crippen LogP contribution is 2.25. The zero-order valence-corrected chi connectivity index (χ0v) is 9.66. The van der Waals surface area contributed by atoms with Crippen molar-refractivity contribution in [3.63, 3.8) is 0 Å². The maximum Gasteiger partial charge on any atom is 0.308 e. The molecule has 0 aromatic carbocycles. The van der Waals surface area contributed by atoms with E-state index in [0.29, 0.717) is 9.88 Å². The van der Waals surface area contributed by atoms with Crippen molar-refractivity contribution in [2.45, 2.75) is 5.03 Å². The second-order valence-corrected chi connectivity index (χ2v) is 5.17. The summed E-state index contributed by atoms with van der Waals surface area (Å²) in [5.41, 5.74) is -0.579. The van der Waals surface area contributed by atoms with E-state index in [1.54, 1.807) is 0 Å². The van der Waals surface area contributed by atoms with Gasteiger partial charge in [0.2, 0.25) is 14.9 Å². The lowest BCUT2D eigenvalue weighted by atomic mass is 10.4. The van der Waals surface area contributed by atoms with Crippen LogP contribution in [-0.4, -0.2) is 18.3 Å². The van der Waals surface area contributed by atoms with E-state index >= 15 is 0 Å². The van der Waals surface area contributed by atoms with Gasteiger partial charge in [-0.25, -0.2) is 13.4 Å². The maximum absolute atomic E-state index is 11.3. The molecule has 15 heavy (non-hydrogen) atoms. The molecule has 1 aromatic heterocycles. The molecule has 1 rings (SSSR count). The van der Waals surface area contributed by atoms with Crippen LogP contribution < -0.4 is 0 Å². The van der Waals surface area contributed by atoms with Gasteiger partial charge in [0.15, 0.2) is 0 Å². The summed E-state index contributed by atoms with van der Waals surface area (Å²) < 4.78 is 23.0. The van der Waals surface area contributed by atoms with E-state index < -0.39 is 25.5 Å². The van der Waals surface area contributed by atoms with Gasteiger partial charge in [-0.15, -0.1) is 0 Å². The molecule has 0 aliphatic heterocycles. The lowest BCUT2D eigenvalue weighted by Gasteiger charge is -1.99. The van der Waals surface area contributed by atoms with Crippen molar-refractivity contribution >= 4 is 31.5 Å². The lowest BCUT2D eigenvalue weighted by molar-refractivity contribution is -0.388. The molecular weight excluding hydrogens is 288 g/mol. The minimum atomic E-state index is -3.90. The first-order chi connectivity index (χ1) is 6.88. The van der Waals surface area contributed by atoms with E-state index in [2.05, 4.69) is 27.5 Å². The second kappa shape index (κ2) is 4.07. The number of sulfone groups is 1. The summed E-state index contributed by atoms with van der Waals surface area (Å²) >= 11 is 2.97. The maximum atomic E-state index is 11.3. The molecule has 0 saturated heterocycles. The van der Waals surface area contributed by atoms with E-state index in [0.717, 1.165) is 6.07 Å². The van der Waals surface area contributed by atoms with Crippen LogP contribution in [0.2, 0.25) is 0 Å². The molecule has 0 aliphatic carbocycles. The first-order valence-electron chi connectivity index (χ1n) is 3.56. The number of pyridine rings is 1. The van der Waals surface area contributed by atoms with Crippen molar-refractivity contribution in [1.29, 1.82) is 0 Å². The molecule has 0 N–H and O–H groups in total.